The van der Waals surface area contributed by atoms with E-state index in [0.717, 1.165) is 5.52 Å². The highest BCUT2D eigenvalue weighted by atomic mass is 35.5. The van der Waals surface area contributed by atoms with Gasteiger partial charge in [-0.1, -0.05) is 11.6 Å². The second-order valence-electron chi connectivity index (χ2n) is 3.68. The van der Waals surface area contributed by atoms with E-state index in [1.165, 1.54) is 10.8 Å². The summed E-state index contributed by atoms with van der Waals surface area (Å²) >= 11 is 5.93. The summed E-state index contributed by atoms with van der Waals surface area (Å²) in [5, 5.41) is 5.38. The maximum atomic E-state index is 11.5. The fraction of sp³-hybridized carbons (Fsp3) is 0.0909. The van der Waals surface area contributed by atoms with Gasteiger partial charge in [-0.05, 0) is 25.1 Å². The maximum absolute atomic E-state index is 11.5. The second kappa shape index (κ2) is 3.49. The largest absolute Gasteiger partial charge is 0.294 e. The molecule has 0 saturated heterocycles. The molecule has 5 nitrogen and oxygen atoms in total. The van der Waals surface area contributed by atoms with Gasteiger partial charge in [-0.3, -0.25) is 4.79 Å². The van der Waals surface area contributed by atoms with E-state index in [-0.39, 0.29) is 5.56 Å². The molecule has 2 aromatic heterocycles. The lowest BCUT2D eigenvalue weighted by Gasteiger charge is -2.03. The van der Waals surface area contributed by atoms with Crippen molar-refractivity contribution in [1.82, 2.24) is 19.6 Å². The highest BCUT2D eigenvalue weighted by Crippen LogP contribution is 2.19. The van der Waals surface area contributed by atoms with Gasteiger partial charge in [0.15, 0.2) is 5.65 Å². The number of hydrogen-bond donors (Lipinski definition) is 0. The predicted octanol–water partition coefficient (Wildman–Crippen LogP) is 1.60. The first kappa shape index (κ1) is 10.2. The van der Waals surface area contributed by atoms with Crippen LogP contribution in [-0.4, -0.2) is 19.6 Å². The molecule has 0 aliphatic rings. The van der Waals surface area contributed by atoms with Crippen LogP contribution in [0.25, 0.3) is 16.6 Å². The minimum Gasteiger partial charge on any atom is -0.265 e. The number of rotatable bonds is 0. The Morgan fingerprint density at radius 2 is 2.18 bits per heavy atom. The van der Waals surface area contributed by atoms with E-state index in [0.29, 0.717) is 21.7 Å². The van der Waals surface area contributed by atoms with Crippen LogP contribution in [0.15, 0.2) is 29.3 Å². The third-order valence-electron chi connectivity index (χ3n) is 2.50. The number of hydrogen-bond acceptors (Lipinski definition) is 4. The van der Waals surface area contributed by atoms with E-state index in [1.54, 1.807) is 25.1 Å². The minimum absolute atomic E-state index is 0.336. The van der Waals surface area contributed by atoms with Gasteiger partial charge in [0.05, 0.1) is 5.52 Å². The number of aryl methyl sites for hydroxylation is 1. The lowest BCUT2D eigenvalue weighted by Crippen LogP contribution is -2.16. The number of benzene rings is 1. The third kappa shape index (κ3) is 1.55. The fourth-order valence-corrected chi connectivity index (χ4v) is 1.83. The van der Waals surface area contributed by atoms with Gasteiger partial charge in [-0.15, -0.1) is 0 Å². The molecule has 17 heavy (non-hydrogen) atoms. The van der Waals surface area contributed by atoms with Crippen molar-refractivity contribution in [2.24, 2.45) is 0 Å². The predicted molar refractivity (Wildman–Crippen MR) is 64.3 cm³/mol. The van der Waals surface area contributed by atoms with E-state index in [9.17, 15) is 4.79 Å². The van der Waals surface area contributed by atoms with Crippen molar-refractivity contribution in [1.29, 1.82) is 0 Å². The van der Waals surface area contributed by atoms with Gasteiger partial charge in [0.25, 0.3) is 5.56 Å². The smallest absolute Gasteiger partial charge is 0.265 e. The van der Waals surface area contributed by atoms with Crippen molar-refractivity contribution in [2.45, 2.75) is 6.92 Å². The summed E-state index contributed by atoms with van der Waals surface area (Å²) in [6, 6.07) is 5.25. The van der Waals surface area contributed by atoms with Crippen LogP contribution in [0, 0.1) is 6.92 Å². The zero-order valence-electron chi connectivity index (χ0n) is 8.88. The summed E-state index contributed by atoms with van der Waals surface area (Å²) < 4.78 is 1.48. The molecule has 0 fully saturated rings. The van der Waals surface area contributed by atoms with Crippen LogP contribution in [0.3, 0.4) is 0 Å². The highest BCUT2D eigenvalue weighted by molar-refractivity contribution is 6.31. The van der Waals surface area contributed by atoms with Crippen LogP contribution < -0.4 is 5.56 Å². The van der Waals surface area contributed by atoms with Crippen molar-refractivity contribution in [3.8, 4) is 0 Å². The molecular formula is C11H7ClN4O. The van der Waals surface area contributed by atoms with Crippen LogP contribution >= 0.6 is 11.6 Å². The van der Waals surface area contributed by atoms with Gasteiger partial charge in [0, 0.05) is 10.4 Å². The maximum Gasteiger partial charge on any atom is 0.294 e. The Labute approximate surface area is 101 Å². The SMILES string of the molecule is Cc1nn2cnc3ccc(Cl)cc3c2nc1=O. The Balaban J connectivity index is 2.58. The lowest BCUT2D eigenvalue weighted by atomic mass is 10.2. The molecule has 2 heterocycles. The summed E-state index contributed by atoms with van der Waals surface area (Å²) in [7, 11) is 0. The molecule has 3 aromatic rings. The Morgan fingerprint density at radius 1 is 1.35 bits per heavy atom. The normalized spacial score (nSPS) is 11.2. The minimum atomic E-state index is -0.336. The lowest BCUT2D eigenvalue weighted by molar-refractivity contribution is 0.832. The molecule has 0 aliphatic heterocycles. The molecule has 6 heteroatoms. The van der Waals surface area contributed by atoms with Gasteiger partial charge in [0.2, 0.25) is 0 Å². The Hall–Kier alpha value is -2.01. The van der Waals surface area contributed by atoms with E-state index in [4.69, 9.17) is 11.6 Å². The molecule has 0 N–H and O–H groups in total. The van der Waals surface area contributed by atoms with E-state index in [1.807, 2.05) is 0 Å². The van der Waals surface area contributed by atoms with Gasteiger partial charge in [-0.2, -0.15) is 10.1 Å². The number of nitrogens with zero attached hydrogens (tertiary/aromatic N) is 4. The molecule has 0 saturated carbocycles. The molecule has 0 atom stereocenters. The van der Waals surface area contributed by atoms with Crippen LogP contribution in [0.5, 0.6) is 0 Å². The Bertz CT molecular complexity index is 796. The molecule has 0 radical (unpaired) electrons. The molecule has 0 aliphatic carbocycles. The fourth-order valence-electron chi connectivity index (χ4n) is 1.66. The van der Waals surface area contributed by atoms with Crippen molar-refractivity contribution >= 4 is 28.2 Å². The quantitative estimate of drug-likeness (QED) is 0.566. The van der Waals surface area contributed by atoms with Gasteiger partial charge in [0.1, 0.15) is 12.0 Å². The molecule has 84 valence electrons. The number of aromatic nitrogens is 4. The van der Waals surface area contributed by atoms with Crippen molar-refractivity contribution < 1.29 is 0 Å². The second-order valence-corrected chi connectivity index (χ2v) is 4.11. The van der Waals surface area contributed by atoms with Gasteiger partial charge in [-0.25, -0.2) is 9.50 Å². The first-order valence-electron chi connectivity index (χ1n) is 4.97. The zero-order valence-corrected chi connectivity index (χ0v) is 9.64. The summed E-state index contributed by atoms with van der Waals surface area (Å²) in [6.07, 6.45) is 1.53. The molecule has 3 rings (SSSR count). The number of fused-ring (bicyclic) bond motifs is 3. The first-order chi connectivity index (χ1) is 8.15. The van der Waals surface area contributed by atoms with E-state index >= 15 is 0 Å². The molecule has 0 unspecified atom stereocenters. The van der Waals surface area contributed by atoms with E-state index in [2.05, 4.69) is 15.1 Å². The summed E-state index contributed by atoms with van der Waals surface area (Å²) in [5.41, 5.74) is 1.20. The standard InChI is InChI=1S/C11H7ClN4O/c1-6-11(17)14-10-8-4-7(12)2-3-9(8)13-5-16(10)15-6/h2-5H,1H3. The Kier molecular flexibility index (Phi) is 2.09. The molecule has 1 aromatic carbocycles. The number of halogens is 1. The monoisotopic (exact) mass is 246 g/mol. The van der Waals surface area contributed by atoms with Gasteiger partial charge >= 0.3 is 0 Å². The van der Waals surface area contributed by atoms with Crippen LogP contribution in [-0.2, 0) is 0 Å². The molecule has 0 amide bonds. The van der Waals surface area contributed by atoms with Crippen molar-refractivity contribution in [3.05, 3.63) is 45.6 Å². The average Bonchev–Trinajstić information content (AvgIpc) is 2.31. The van der Waals surface area contributed by atoms with Crippen LogP contribution in [0.2, 0.25) is 5.02 Å². The average molecular weight is 247 g/mol. The summed E-state index contributed by atoms with van der Waals surface area (Å²) in [5.74, 6) is 0. The zero-order chi connectivity index (χ0) is 12.0. The summed E-state index contributed by atoms with van der Waals surface area (Å²) in [4.78, 5) is 19.7. The van der Waals surface area contributed by atoms with Crippen molar-refractivity contribution in [3.63, 3.8) is 0 Å². The molecular weight excluding hydrogens is 240 g/mol. The molecule has 0 bridgehead atoms. The highest BCUT2D eigenvalue weighted by Gasteiger charge is 2.06. The molecule has 0 spiro atoms. The summed E-state index contributed by atoms with van der Waals surface area (Å²) in [6.45, 7) is 1.62. The Morgan fingerprint density at radius 3 is 3.00 bits per heavy atom. The van der Waals surface area contributed by atoms with E-state index < -0.39 is 0 Å². The van der Waals surface area contributed by atoms with Crippen molar-refractivity contribution in [2.75, 3.05) is 0 Å². The third-order valence-corrected chi connectivity index (χ3v) is 2.73. The first-order valence-corrected chi connectivity index (χ1v) is 5.34. The topological polar surface area (TPSA) is 60.1 Å². The van der Waals surface area contributed by atoms with Gasteiger partial charge < -0.3 is 0 Å². The van der Waals surface area contributed by atoms with Crippen LogP contribution in [0.4, 0.5) is 0 Å². The van der Waals surface area contributed by atoms with Crippen LogP contribution in [0.1, 0.15) is 5.69 Å².